The molecule has 0 saturated heterocycles. The smallest absolute Gasteiger partial charge is 0.188 e. The summed E-state index contributed by atoms with van der Waals surface area (Å²) >= 11 is 0. The van der Waals surface area contributed by atoms with Crippen molar-refractivity contribution in [2.75, 3.05) is 27.9 Å². The molecule has 30 heavy (non-hydrogen) atoms. The SMILES string of the molecule is COc1ccc2cc(CN=C(N)NCCc3ccc(OC)c(OC)c3)ccc2c1.I. The number of fused-ring (bicyclic) bond motifs is 1. The van der Waals surface area contributed by atoms with E-state index < -0.39 is 0 Å². The van der Waals surface area contributed by atoms with Crippen molar-refractivity contribution in [3.63, 3.8) is 0 Å². The summed E-state index contributed by atoms with van der Waals surface area (Å²) in [5.74, 6) is 2.73. The third-order valence-electron chi connectivity index (χ3n) is 4.71. The number of aliphatic imine (C=N–C) groups is 1. The maximum absolute atomic E-state index is 6.02. The Hall–Kier alpha value is -2.68. The molecule has 0 aliphatic heterocycles. The van der Waals surface area contributed by atoms with Crippen LogP contribution in [0.1, 0.15) is 11.1 Å². The lowest BCUT2D eigenvalue weighted by Gasteiger charge is -2.10. The Morgan fingerprint density at radius 2 is 1.53 bits per heavy atom. The van der Waals surface area contributed by atoms with Crippen molar-refractivity contribution in [3.05, 3.63) is 65.7 Å². The van der Waals surface area contributed by atoms with Gasteiger partial charge in [0.2, 0.25) is 0 Å². The predicted molar refractivity (Wildman–Crippen MR) is 132 cm³/mol. The van der Waals surface area contributed by atoms with Gasteiger partial charge in [0.05, 0.1) is 27.9 Å². The van der Waals surface area contributed by atoms with Crippen LogP contribution in [0.3, 0.4) is 0 Å². The first-order valence-electron chi connectivity index (χ1n) is 9.44. The summed E-state index contributed by atoms with van der Waals surface area (Å²) in [6, 6.07) is 18.2. The van der Waals surface area contributed by atoms with E-state index in [-0.39, 0.29) is 24.0 Å². The van der Waals surface area contributed by atoms with Gasteiger partial charge < -0.3 is 25.3 Å². The molecule has 3 aromatic carbocycles. The van der Waals surface area contributed by atoms with Gasteiger partial charge in [0.1, 0.15) is 5.75 Å². The Morgan fingerprint density at radius 1 is 0.833 bits per heavy atom. The molecule has 0 aliphatic carbocycles. The Balaban J connectivity index is 0.00000320. The molecule has 0 heterocycles. The van der Waals surface area contributed by atoms with Crippen molar-refractivity contribution >= 4 is 40.7 Å². The minimum atomic E-state index is 0. The summed E-state index contributed by atoms with van der Waals surface area (Å²) in [5, 5.41) is 5.45. The van der Waals surface area contributed by atoms with Gasteiger partial charge in [-0.05, 0) is 58.7 Å². The zero-order valence-corrected chi connectivity index (χ0v) is 19.8. The van der Waals surface area contributed by atoms with Crippen LogP contribution in [0.15, 0.2) is 59.6 Å². The van der Waals surface area contributed by atoms with Crippen LogP contribution in [0.25, 0.3) is 10.8 Å². The van der Waals surface area contributed by atoms with Crippen LogP contribution in [0.4, 0.5) is 0 Å². The van der Waals surface area contributed by atoms with E-state index in [0.717, 1.165) is 45.6 Å². The molecule has 0 spiro atoms. The topological polar surface area (TPSA) is 78.1 Å². The van der Waals surface area contributed by atoms with Gasteiger partial charge in [-0.15, -0.1) is 24.0 Å². The number of ether oxygens (including phenoxy) is 3. The molecular weight excluding hydrogens is 493 g/mol. The van der Waals surface area contributed by atoms with E-state index in [9.17, 15) is 0 Å². The summed E-state index contributed by atoms with van der Waals surface area (Å²) in [7, 11) is 4.93. The van der Waals surface area contributed by atoms with Gasteiger partial charge in [-0.1, -0.05) is 24.3 Å². The summed E-state index contributed by atoms with van der Waals surface area (Å²) < 4.78 is 15.9. The number of hydrogen-bond acceptors (Lipinski definition) is 4. The second-order valence-corrected chi connectivity index (χ2v) is 6.62. The van der Waals surface area contributed by atoms with Crippen LogP contribution in [-0.4, -0.2) is 33.8 Å². The minimum Gasteiger partial charge on any atom is -0.497 e. The molecule has 3 rings (SSSR count). The zero-order chi connectivity index (χ0) is 20.6. The number of nitrogens with one attached hydrogen (secondary N) is 1. The van der Waals surface area contributed by atoms with Crippen molar-refractivity contribution in [1.29, 1.82) is 0 Å². The fourth-order valence-electron chi connectivity index (χ4n) is 3.10. The highest BCUT2D eigenvalue weighted by molar-refractivity contribution is 14.0. The number of methoxy groups -OCH3 is 3. The molecule has 6 nitrogen and oxygen atoms in total. The molecule has 0 aromatic heterocycles. The van der Waals surface area contributed by atoms with E-state index in [2.05, 4.69) is 28.5 Å². The number of nitrogens with two attached hydrogens (primary N) is 1. The fourth-order valence-corrected chi connectivity index (χ4v) is 3.10. The largest absolute Gasteiger partial charge is 0.497 e. The second-order valence-electron chi connectivity index (χ2n) is 6.62. The van der Waals surface area contributed by atoms with Gasteiger partial charge in [0.25, 0.3) is 0 Å². The standard InChI is InChI=1S/C23H27N3O3.HI/c1-27-20-8-7-18-12-17(4-6-19(18)14-20)15-26-23(24)25-11-10-16-5-9-21(28-2)22(13-16)29-3;/h4-9,12-14H,10-11,15H2,1-3H3,(H3,24,25,26);1H. The molecule has 3 N–H and O–H groups in total. The second kappa shape index (κ2) is 11.5. The number of benzene rings is 3. The summed E-state index contributed by atoms with van der Waals surface area (Å²) in [4.78, 5) is 4.44. The number of nitrogens with zero attached hydrogens (tertiary/aromatic N) is 1. The van der Waals surface area contributed by atoms with Crippen LogP contribution in [-0.2, 0) is 13.0 Å². The van der Waals surface area contributed by atoms with Crippen LogP contribution < -0.4 is 25.3 Å². The third-order valence-corrected chi connectivity index (χ3v) is 4.71. The molecule has 0 fully saturated rings. The first-order chi connectivity index (χ1) is 14.1. The van der Waals surface area contributed by atoms with Gasteiger partial charge >= 0.3 is 0 Å². The molecule has 0 radical (unpaired) electrons. The minimum absolute atomic E-state index is 0. The van der Waals surface area contributed by atoms with Crippen molar-refractivity contribution in [3.8, 4) is 17.2 Å². The van der Waals surface area contributed by atoms with Crippen molar-refractivity contribution < 1.29 is 14.2 Å². The van der Waals surface area contributed by atoms with Gasteiger partial charge in [-0.25, -0.2) is 4.99 Å². The van der Waals surface area contributed by atoms with Crippen LogP contribution in [0.5, 0.6) is 17.2 Å². The maximum Gasteiger partial charge on any atom is 0.188 e. The Kier molecular flexibility index (Phi) is 9.04. The van der Waals surface area contributed by atoms with Gasteiger partial charge in [0.15, 0.2) is 17.5 Å². The quantitative estimate of drug-likeness (QED) is 0.265. The van der Waals surface area contributed by atoms with E-state index in [4.69, 9.17) is 19.9 Å². The molecule has 0 amide bonds. The highest BCUT2D eigenvalue weighted by Gasteiger charge is 2.04. The van der Waals surface area contributed by atoms with Gasteiger partial charge in [-0.2, -0.15) is 0 Å². The molecule has 3 aromatic rings. The molecule has 0 bridgehead atoms. The highest BCUT2D eigenvalue weighted by atomic mass is 127. The normalized spacial score (nSPS) is 11.0. The lowest BCUT2D eigenvalue weighted by atomic mass is 10.1. The number of rotatable bonds is 8. The van der Waals surface area contributed by atoms with Crippen molar-refractivity contribution in [1.82, 2.24) is 5.32 Å². The highest BCUT2D eigenvalue weighted by Crippen LogP contribution is 2.27. The molecule has 160 valence electrons. The molecule has 0 atom stereocenters. The zero-order valence-electron chi connectivity index (χ0n) is 17.5. The maximum atomic E-state index is 6.02. The van der Waals surface area contributed by atoms with Crippen LogP contribution in [0.2, 0.25) is 0 Å². The van der Waals surface area contributed by atoms with Crippen LogP contribution >= 0.6 is 24.0 Å². The number of guanidine groups is 1. The lowest BCUT2D eigenvalue weighted by Crippen LogP contribution is -2.33. The summed E-state index contributed by atoms with van der Waals surface area (Å²) in [6.45, 7) is 1.21. The molecule has 0 aliphatic rings. The monoisotopic (exact) mass is 521 g/mol. The Bertz CT molecular complexity index is 1010. The predicted octanol–water partition coefficient (Wildman–Crippen LogP) is 4.13. The average molecular weight is 521 g/mol. The van der Waals surface area contributed by atoms with E-state index >= 15 is 0 Å². The first-order valence-corrected chi connectivity index (χ1v) is 9.44. The van der Waals surface area contributed by atoms with Crippen LogP contribution in [0, 0.1) is 0 Å². The Labute approximate surface area is 194 Å². The van der Waals surface area contributed by atoms with Crippen molar-refractivity contribution in [2.45, 2.75) is 13.0 Å². The first kappa shape index (κ1) is 23.6. The lowest BCUT2D eigenvalue weighted by molar-refractivity contribution is 0.354. The van der Waals surface area contributed by atoms with E-state index in [0.29, 0.717) is 19.0 Å². The fraction of sp³-hybridized carbons (Fsp3) is 0.261. The Morgan fingerprint density at radius 3 is 2.27 bits per heavy atom. The summed E-state index contributed by atoms with van der Waals surface area (Å²) in [6.07, 6.45) is 0.800. The molecule has 0 unspecified atom stereocenters. The molecule has 7 heteroatoms. The van der Waals surface area contributed by atoms with Gasteiger partial charge in [-0.3, -0.25) is 0 Å². The molecule has 0 saturated carbocycles. The van der Waals surface area contributed by atoms with E-state index in [1.807, 2.05) is 36.4 Å². The number of hydrogen-bond donors (Lipinski definition) is 2. The van der Waals surface area contributed by atoms with Gasteiger partial charge in [0, 0.05) is 6.54 Å². The van der Waals surface area contributed by atoms with Crippen molar-refractivity contribution in [2.24, 2.45) is 10.7 Å². The number of halogens is 1. The molecular formula is C23H28IN3O3. The average Bonchev–Trinajstić information content (AvgIpc) is 2.77. The third kappa shape index (κ3) is 6.16. The van der Waals surface area contributed by atoms with E-state index in [1.165, 1.54) is 0 Å². The van der Waals surface area contributed by atoms with E-state index in [1.54, 1.807) is 21.3 Å². The summed E-state index contributed by atoms with van der Waals surface area (Å²) in [5.41, 5.74) is 8.25.